The van der Waals surface area contributed by atoms with E-state index in [2.05, 4.69) is 4.98 Å². The van der Waals surface area contributed by atoms with Crippen LogP contribution in [0.5, 0.6) is 0 Å². The summed E-state index contributed by atoms with van der Waals surface area (Å²) in [6.07, 6.45) is 1.38. The summed E-state index contributed by atoms with van der Waals surface area (Å²) >= 11 is 11.9. The molecule has 0 aliphatic carbocycles. The van der Waals surface area contributed by atoms with Gasteiger partial charge in [-0.1, -0.05) is 29.3 Å². The average Bonchev–Trinajstić information content (AvgIpc) is 2.44. The molecule has 0 atom stereocenters. The van der Waals surface area contributed by atoms with Gasteiger partial charge in [-0.05, 0) is 29.8 Å². The second-order valence-electron chi connectivity index (χ2n) is 4.57. The first-order chi connectivity index (χ1) is 10.0. The van der Waals surface area contributed by atoms with Gasteiger partial charge in [-0.25, -0.2) is 9.37 Å². The Kier molecular flexibility index (Phi) is 3.66. The summed E-state index contributed by atoms with van der Waals surface area (Å²) in [6.45, 7) is 0.273. The van der Waals surface area contributed by atoms with Crippen molar-refractivity contribution in [2.45, 2.75) is 6.54 Å². The SMILES string of the molecule is O=c1c2ccc(F)cc2ncn1Cc1ccc(Cl)cc1Cl. The fraction of sp³-hybridized carbons (Fsp3) is 0.0667. The van der Waals surface area contributed by atoms with E-state index in [0.717, 1.165) is 5.56 Å². The molecule has 0 saturated heterocycles. The lowest BCUT2D eigenvalue weighted by Gasteiger charge is -2.08. The van der Waals surface area contributed by atoms with E-state index in [1.54, 1.807) is 18.2 Å². The molecule has 0 fully saturated rings. The van der Waals surface area contributed by atoms with Crippen molar-refractivity contribution in [1.82, 2.24) is 9.55 Å². The standard InChI is InChI=1S/C15H9Cl2FN2O/c16-10-2-1-9(13(17)5-10)7-20-8-19-14-6-11(18)3-4-12(14)15(20)21/h1-6,8H,7H2. The number of fused-ring (bicyclic) bond motifs is 1. The maximum absolute atomic E-state index is 13.1. The lowest BCUT2D eigenvalue weighted by molar-refractivity contribution is 0.629. The molecule has 2 aromatic carbocycles. The minimum atomic E-state index is -0.423. The van der Waals surface area contributed by atoms with Crippen molar-refractivity contribution >= 4 is 34.1 Å². The summed E-state index contributed by atoms with van der Waals surface area (Å²) in [7, 11) is 0. The highest BCUT2D eigenvalue weighted by Crippen LogP contribution is 2.21. The molecule has 3 nitrogen and oxygen atoms in total. The van der Waals surface area contributed by atoms with Crippen LogP contribution in [0.15, 0.2) is 47.5 Å². The van der Waals surface area contributed by atoms with Crippen LogP contribution in [-0.2, 0) is 6.54 Å². The van der Waals surface area contributed by atoms with Crippen molar-refractivity contribution in [2.75, 3.05) is 0 Å². The molecule has 0 aliphatic rings. The van der Waals surface area contributed by atoms with Crippen LogP contribution >= 0.6 is 23.2 Å². The quantitative estimate of drug-likeness (QED) is 0.717. The molecule has 1 aromatic heterocycles. The van der Waals surface area contributed by atoms with E-state index in [1.807, 2.05) is 0 Å². The number of aromatic nitrogens is 2. The van der Waals surface area contributed by atoms with Crippen molar-refractivity contribution in [3.05, 3.63) is 74.5 Å². The third-order valence-corrected chi connectivity index (χ3v) is 3.73. The van der Waals surface area contributed by atoms with E-state index >= 15 is 0 Å². The summed E-state index contributed by atoms with van der Waals surface area (Å²) in [5.41, 5.74) is 0.843. The molecule has 0 aliphatic heterocycles. The molecule has 6 heteroatoms. The molecule has 106 valence electrons. The highest BCUT2D eigenvalue weighted by atomic mass is 35.5. The van der Waals surface area contributed by atoms with Gasteiger partial charge in [0.1, 0.15) is 5.82 Å². The first kappa shape index (κ1) is 14.0. The molecule has 0 bridgehead atoms. The summed E-state index contributed by atoms with van der Waals surface area (Å²) in [5.74, 6) is -0.423. The predicted octanol–water partition coefficient (Wildman–Crippen LogP) is 3.89. The highest BCUT2D eigenvalue weighted by molar-refractivity contribution is 6.35. The normalized spacial score (nSPS) is 11.0. The molecule has 1 heterocycles. The third kappa shape index (κ3) is 2.77. The zero-order valence-electron chi connectivity index (χ0n) is 10.7. The Hall–Kier alpha value is -1.91. The molecule has 21 heavy (non-hydrogen) atoms. The topological polar surface area (TPSA) is 34.9 Å². The lowest BCUT2D eigenvalue weighted by atomic mass is 10.2. The average molecular weight is 323 g/mol. The predicted molar refractivity (Wildman–Crippen MR) is 81.5 cm³/mol. The minimum absolute atomic E-state index is 0.244. The highest BCUT2D eigenvalue weighted by Gasteiger charge is 2.08. The van der Waals surface area contributed by atoms with Crippen LogP contribution < -0.4 is 5.56 Å². The van der Waals surface area contributed by atoms with E-state index in [1.165, 1.54) is 29.1 Å². The van der Waals surface area contributed by atoms with Crippen LogP contribution in [0.4, 0.5) is 4.39 Å². The van der Waals surface area contributed by atoms with Crippen molar-refractivity contribution in [3.63, 3.8) is 0 Å². The number of hydrogen-bond acceptors (Lipinski definition) is 2. The monoisotopic (exact) mass is 322 g/mol. The number of hydrogen-bond donors (Lipinski definition) is 0. The molecule has 3 aromatic rings. The molecule has 0 amide bonds. The molecule has 3 rings (SSSR count). The van der Waals surface area contributed by atoms with Gasteiger partial charge in [-0.15, -0.1) is 0 Å². The van der Waals surface area contributed by atoms with Crippen LogP contribution in [0.25, 0.3) is 10.9 Å². The van der Waals surface area contributed by atoms with E-state index in [0.29, 0.717) is 20.9 Å². The third-order valence-electron chi connectivity index (χ3n) is 3.14. The van der Waals surface area contributed by atoms with Gasteiger partial charge in [0.2, 0.25) is 0 Å². The number of nitrogens with zero attached hydrogens (tertiary/aromatic N) is 2. The van der Waals surface area contributed by atoms with Gasteiger partial charge >= 0.3 is 0 Å². The Morgan fingerprint density at radius 1 is 1.14 bits per heavy atom. The Balaban J connectivity index is 2.07. The molecule has 0 unspecified atom stereocenters. The van der Waals surface area contributed by atoms with Crippen LogP contribution in [-0.4, -0.2) is 9.55 Å². The van der Waals surface area contributed by atoms with Gasteiger partial charge in [-0.2, -0.15) is 0 Å². The van der Waals surface area contributed by atoms with E-state index < -0.39 is 5.82 Å². The van der Waals surface area contributed by atoms with Crippen LogP contribution in [0.3, 0.4) is 0 Å². The fourth-order valence-corrected chi connectivity index (χ4v) is 2.55. The van der Waals surface area contributed by atoms with Gasteiger partial charge in [0.25, 0.3) is 5.56 Å². The van der Waals surface area contributed by atoms with Crippen molar-refractivity contribution < 1.29 is 4.39 Å². The second-order valence-corrected chi connectivity index (χ2v) is 5.42. The molecule has 0 radical (unpaired) electrons. The van der Waals surface area contributed by atoms with E-state index in [-0.39, 0.29) is 12.1 Å². The number of rotatable bonds is 2. The summed E-state index contributed by atoms with van der Waals surface area (Å²) in [6, 6.07) is 8.98. The smallest absolute Gasteiger partial charge is 0.261 e. The van der Waals surface area contributed by atoms with E-state index in [9.17, 15) is 9.18 Å². The Labute approximate surface area is 129 Å². The molecular weight excluding hydrogens is 314 g/mol. The van der Waals surface area contributed by atoms with Crippen LogP contribution in [0.1, 0.15) is 5.56 Å². The molecule has 0 spiro atoms. The maximum Gasteiger partial charge on any atom is 0.261 e. The van der Waals surface area contributed by atoms with Gasteiger partial charge in [0, 0.05) is 16.1 Å². The van der Waals surface area contributed by atoms with Crippen LogP contribution in [0, 0.1) is 5.82 Å². The van der Waals surface area contributed by atoms with Crippen molar-refractivity contribution in [2.24, 2.45) is 0 Å². The van der Waals surface area contributed by atoms with E-state index in [4.69, 9.17) is 23.2 Å². The van der Waals surface area contributed by atoms with Crippen molar-refractivity contribution in [1.29, 1.82) is 0 Å². The molecular formula is C15H9Cl2FN2O. The van der Waals surface area contributed by atoms with Gasteiger partial charge in [-0.3, -0.25) is 9.36 Å². The zero-order valence-corrected chi connectivity index (χ0v) is 12.2. The maximum atomic E-state index is 13.1. The Morgan fingerprint density at radius 2 is 1.95 bits per heavy atom. The zero-order chi connectivity index (χ0) is 15.0. The van der Waals surface area contributed by atoms with Crippen LogP contribution in [0.2, 0.25) is 10.0 Å². The second kappa shape index (κ2) is 5.47. The first-order valence-electron chi connectivity index (χ1n) is 6.13. The molecule has 0 saturated carbocycles. The molecule has 0 N–H and O–H groups in total. The Morgan fingerprint density at radius 3 is 2.71 bits per heavy atom. The largest absolute Gasteiger partial charge is 0.294 e. The van der Waals surface area contributed by atoms with Crippen molar-refractivity contribution in [3.8, 4) is 0 Å². The number of benzene rings is 2. The Bertz CT molecular complexity index is 892. The first-order valence-corrected chi connectivity index (χ1v) is 6.89. The van der Waals surface area contributed by atoms with Gasteiger partial charge in [0.05, 0.1) is 23.8 Å². The summed E-state index contributed by atoms with van der Waals surface area (Å²) in [4.78, 5) is 16.5. The number of halogens is 3. The fourth-order valence-electron chi connectivity index (χ4n) is 2.08. The van der Waals surface area contributed by atoms with Gasteiger partial charge < -0.3 is 0 Å². The summed E-state index contributed by atoms with van der Waals surface area (Å²) in [5, 5.41) is 1.38. The van der Waals surface area contributed by atoms with Gasteiger partial charge in [0.15, 0.2) is 0 Å². The minimum Gasteiger partial charge on any atom is -0.294 e. The lowest BCUT2D eigenvalue weighted by Crippen LogP contribution is -2.21. The summed E-state index contributed by atoms with van der Waals surface area (Å²) < 4.78 is 14.6.